The molecule has 0 bridgehead atoms. The van der Waals surface area contributed by atoms with Gasteiger partial charge in [-0.1, -0.05) is 44.2 Å². The lowest BCUT2D eigenvalue weighted by atomic mass is 10.2. The summed E-state index contributed by atoms with van der Waals surface area (Å²) in [6.07, 6.45) is 0. The van der Waals surface area contributed by atoms with E-state index in [2.05, 4.69) is 31.3 Å². The molecule has 2 aromatic rings. The minimum absolute atomic E-state index is 0.480. The van der Waals surface area contributed by atoms with Gasteiger partial charge in [-0.2, -0.15) is 0 Å². The summed E-state index contributed by atoms with van der Waals surface area (Å²) >= 11 is 0. The van der Waals surface area contributed by atoms with Crippen molar-refractivity contribution in [3.63, 3.8) is 0 Å². The number of ether oxygens (including phenoxy) is 2. The van der Waals surface area contributed by atoms with E-state index in [0.29, 0.717) is 19.3 Å². The summed E-state index contributed by atoms with van der Waals surface area (Å²) in [5.74, 6) is 1.76. The molecule has 0 radical (unpaired) electrons. The predicted molar refractivity (Wildman–Crippen MR) is 85.8 cm³/mol. The topological polar surface area (TPSA) is 30.5 Å². The lowest BCUT2D eigenvalue weighted by Crippen LogP contribution is -2.21. The summed E-state index contributed by atoms with van der Waals surface area (Å²) in [6, 6.07) is 18.4. The maximum Gasteiger partial charge on any atom is 0.122 e. The Morgan fingerprint density at radius 1 is 0.857 bits per heavy atom. The molecular formula is C18H23NO2. The Labute approximate surface area is 126 Å². The second-order valence-corrected chi connectivity index (χ2v) is 5.19. The van der Waals surface area contributed by atoms with Gasteiger partial charge < -0.3 is 14.8 Å². The molecule has 0 aliphatic rings. The van der Waals surface area contributed by atoms with E-state index < -0.39 is 0 Å². The molecule has 2 rings (SSSR count). The van der Waals surface area contributed by atoms with Crippen molar-refractivity contribution in [3.05, 3.63) is 60.2 Å². The van der Waals surface area contributed by atoms with Crippen molar-refractivity contribution in [2.45, 2.75) is 26.4 Å². The largest absolute Gasteiger partial charge is 0.490 e. The van der Waals surface area contributed by atoms with Crippen molar-refractivity contribution in [2.75, 3.05) is 13.2 Å². The van der Waals surface area contributed by atoms with E-state index in [0.717, 1.165) is 18.0 Å². The molecule has 0 aliphatic carbocycles. The molecule has 0 unspecified atom stereocenters. The lowest BCUT2D eigenvalue weighted by Gasteiger charge is -2.11. The Morgan fingerprint density at radius 2 is 1.52 bits per heavy atom. The summed E-state index contributed by atoms with van der Waals surface area (Å²) in [4.78, 5) is 0. The summed E-state index contributed by atoms with van der Waals surface area (Å²) in [7, 11) is 0. The fourth-order valence-corrected chi connectivity index (χ4v) is 1.90. The van der Waals surface area contributed by atoms with E-state index >= 15 is 0 Å². The van der Waals surface area contributed by atoms with Crippen molar-refractivity contribution in [3.8, 4) is 11.5 Å². The molecule has 0 aromatic heterocycles. The number of hydrogen-bond acceptors (Lipinski definition) is 3. The number of benzene rings is 2. The van der Waals surface area contributed by atoms with E-state index in [9.17, 15) is 0 Å². The molecule has 3 heteroatoms. The van der Waals surface area contributed by atoms with Gasteiger partial charge in [0.25, 0.3) is 0 Å². The zero-order valence-electron chi connectivity index (χ0n) is 12.7. The predicted octanol–water partition coefficient (Wildman–Crippen LogP) is 3.64. The fourth-order valence-electron chi connectivity index (χ4n) is 1.90. The molecule has 2 aromatic carbocycles. The van der Waals surface area contributed by atoms with Gasteiger partial charge in [-0.05, 0) is 29.8 Å². The van der Waals surface area contributed by atoms with Gasteiger partial charge in [0.15, 0.2) is 0 Å². The molecule has 0 saturated carbocycles. The smallest absolute Gasteiger partial charge is 0.122 e. The highest BCUT2D eigenvalue weighted by Gasteiger charge is 1.99. The second kappa shape index (κ2) is 8.32. The first-order valence-electron chi connectivity index (χ1n) is 7.37. The monoisotopic (exact) mass is 285 g/mol. The van der Waals surface area contributed by atoms with Crippen LogP contribution in [0.3, 0.4) is 0 Å². The maximum absolute atomic E-state index is 5.72. The van der Waals surface area contributed by atoms with Crippen LogP contribution < -0.4 is 14.8 Å². The maximum atomic E-state index is 5.72. The van der Waals surface area contributed by atoms with Gasteiger partial charge in [0.1, 0.15) is 24.7 Å². The number of hydrogen-bond donors (Lipinski definition) is 1. The van der Waals surface area contributed by atoms with Crippen LogP contribution in [0.4, 0.5) is 0 Å². The molecule has 0 heterocycles. The van der Waals surface area contributed by atoms with Crippen molar-refractivity contribution < 1.29 is 9.47 Å². The minimum Gasteiger partial charge on any atom is -0.490 e. The molecule has 0 fully saturated rings. The molecule has 0 atom stereocenters. The third kappa shape index (κ3) is 5.88. The van der Waals surface area contributed by atoms with E-state index in [-0.39, 0.29) is 0 Å². The second-order valence-electron chi connectivity index (χ2n) is 5.19. The van der Waals surface area contributed by atoms with Crippen molar-refractivity contribution in [1.82, 2.24) is 5.32 Å². The van der Waals surface area contributed by atoms with E-state index in [1.165, 1.54) is 5.56 Å². The Morgan fingerprint density at radius 3 is 2.24 bits per heavy atom. The SMILES string of the molecule is CC(C)NCc1cccc(OCCOc2ccccc2)c1. The quantitative estimate of drug-likeness (QED) is 0.751. The van der Waals surface area contributed by atoms with Crippen molar-refractivity contribution >= 4 is 0 Å². The molecule has 0 aliphatic heterocycles. The highest BCUT2D eigenvalue weighted by atomic mass is 16.5. The van der Waals surface area contributed by atoms with Crippen molar-refractivity contribution in [2.24, 2.45) is 0 Å². The van der Waals surface area contributed by atoms with Crippen LogP contribution in [0.5, 0.6) is 11.5 Å². The van der Waals surface area contributed by atoms with Crippen LogP contribution in [-0.2, 0) is 6.54 Å². The number of para-hydroxylation sites is 1. The van der Waals surface area contributed by atoms with E-state index in [4.69, 9.17) is 9.47 Å². The van der Waals surface area contributed by atoms with Gasteiger partial charge >= 0.3 is 0 Å². The molecular weight excluding hydrogens is 262 g/mol. The average molecular weight is 285 g/mol. The zero-order chi connectivity index (χ0) is 14.9. The van der Waals surface area contributed by atoms with Crippen molar-refractivity contribution in [1.29, 1.82) is 0 Å². The Kier molecular flexibility index (Phi) is 6.10. The van der Waals surface area contributed by atoms with Crippen LogP contribution in [0.1, 0.15) is 19.4 Å². The van der Waals surface area contributed by atoms with Gasteiger partial charge in [0.2, 0.25) is 0 Å². The Balaban J connectivity index is 1.74. The fraction of sp³-hybridized carbons (Fsp3) is 0.333. The van der Waals surface area contributed by atoms with Crippen LogP contribution in [-0.4, -0.2) is 19.3 Å². The van der Waals surface area contributed by atoms with E-state index in [1.54, 1.807) is 0 Å². The summed E-state index contributed by atoms with van der Waals surface area (Å²) in [6.45, 7) is 6.21. The number of rotatable bonds is 8. The molecule has 112 valence electrons. The molecule has 0 saturated heterocycles. The average Bonchev–Trinajstić information content (AvgIpc) is 2.51. The van der Waals surface area contributed by atoms with Crippen LogP contribution in [0.2, 0.25) is 0 Å². The van der Waals surface area contributed by atoms with Crippen LogP contribution in [0.15, 0.2) is 54.6 Å². The first-order valence-corrected chi connectivity index (χ1v) is 7.37. The van der Waals surface area contributed by atoms with Gasteiger partial charge in [0, 0.05) is 12.6 Å². The standard InChI is InChI=1S/C18H23NO2/c1-15(2)19-14-16-7-6-10-18(13-16)21-12-11-20-17-8-4-3-5-9-17/h3-10,13,15,19H,11-12,14H2,1-2H3. The lowest BCUT2D eigenvalue weighted by molar-refractivity contribution is 0.217. The number of nitrogens with one attached hydrogen (secondary N) is 1. The minimum atomic E-state index is 0.480. The third-order valence-electron chi connectivity index (χ3n) is 2.98. The highest BCUT2D eigenvalue weighted by molar-refractivity contribution is 5.28. The van der Waals surface area contributed by atoms with Gasteiger partial charge in [-0.25, -0.2) is 0 Å². The van der Waals surface area contributed by atoms with E-state index in [1.807, 2.05) is 42.5 Å². The first-order chi connectivity index (χ1) is 10.2. The Hall–Kier alpha value is -2.00. The summed E-state index contributed by atoms with van der Waals surface area (Å²) in [5.41, 5.74) is 1.23. The van der Waals surface area contributed by atoms with Gasteiger partial charge in [-0.15, -0.1) is 0 Å². The molecule has 21 heavy (non-hydrogen) atoms. The molecule has 0 spiro atoms. The molecule has 1 N–H and O–H groups in total. The third-order valence-corrected chi connectivity index (χ3v) is 2.98. The van der Waals surface area contributed by atoms with Crippen LogP contribution in [0, 0.1) is 0 Å². The van der Waals surface area contributed by atoms with Crippen LogP contribution >= 0.6 is 0 Å². The first kappa shape index (κ1) is 15.4. The normalized spacial score (nSPS) is 10.6. The summed E-state index contributed by atoms with van der Waals surface area (Å²) in [5, 5.41) is 3.40. The summed E-state index contributed by atoms with van der Waals surface area (Å²) < 4.78 is 11.3. The van der Waals surface area contributed by atoms with Crippen LogP contribution in [0.25, 0.3) is 0 Å². The highest BCUT2D eigenvalue weighted by Crippen LogP contribution is 2.14. The molecule has 3 nitrogen and oxygen atoms in total. The molecule has 0 amide bonds. The van der Waals surface area contributed by atoms with Gasteiger partial charge in [0.05, 0.1) is 0 Å². The van der Waals surface area contributed by atoms with Gasteiger partial charge in [-0.3, -0.25) is 0 Å². The zero-order valence-corrected chi connectivity index (χ0v) is 12.7. The Bertz CT molecular complexity index is 526.